The molecule has 0 saturated carbocycles. The molecule has 0 aliphatic rings. The number of thiophene rings is 1. The molecule has 1 heterocycles. The maximum Gasteiger partial charge on any atom is 0.244 e. The van der Waals surface area contributed by atoms with E-state index in [9.17, 15) is 4.79 Å². The van der Waals surface area contributed by atoms with Crippen LogP contribution >= 0.6 is 11.3 Å². The van der Waals surface area contributed by atoms with Gasteiger partial charge in [-0.15, -0.1) is 11.3 Å². The van der Waals surface area contributed by atoms with Crippen LogP contribution in [0.5, 0.6) is 0 Å². The molecule has 0 saturated heterocycles. The zero-order chi connectivity index (χ0) is 16.1. The molecule has 0 radical (unpaired) electrons. The van der Waals surface area contributed by atoms with Crippen LogP contribution < -0.4 is 5.43 Å². The number of hydrazone groups is 1. The summed E-state index contributed by atoms with van der Waals surface area (Å²) in [5, 5.41) is 4.21. The van der Waals surface area contributed by atoms with E-state index in [1.807, 2.05) is 26.0 Å². The molecule has 0 atom stereocenters. The average molecular weight is 314 g/mol. The fraction of sp³-hybridized carbons (Fsp3) is 0.333. The summed E-state index contributed by atoms with van der Waals surface area (Å²) in [5.41, 5.74) is 6.89. The molecule has 2 aromatic rings. The molecule has 22 heavy (non-hydrogen) atoms. The third-order valence-corrected chi connectivity index (χ3v) is 4.90. The Morgan fingerprint density at radius 2 is 2.00 bits per heavy atom. The Balaban J connectivity index is 1.98. The normalized spacial score (nSPS) is 11.5. The van der Waals surface area contributed by atoms with Gasteiger partial charge < -0.3 is 0 Å². The number of amides is 1. The molecule has 0 aliphatic heterocycles. The van der Waals surface area contributed by atoms with Gasteiger partial charge in [0.05, 0.1) is 17.0 Å². The first kappa shape index (κ1) is 16.4. The Hall–Kier alpha value is -1.94. The maximum absolute atomic E-state index is 12.0. The second-order valence-electron chi connectivity index (χ2n) is 5.46. The Labute approximate surface area is 136 Å². The average Bonchev–Trinajstić information content (AvgIpc) is 2.97. The van der Waals surface area contributed by atoms with Crippen LogP contribution in [0.1, 0.15) is 40.3 Å². The van der Waals surface area contributed by atoms with Crippen molar-refractivity contribution in [2.45, 2.75) is 40.5 Å². The second kappa shape index (κ2) is 7.36. The van der Waals surface area contributed by atoms with E-state index in [0.717, 1.165) is 28.1 Å². The highest BCUT2D eigenvalue weighted by atomic mass is 32.1. The van der Waals surface area contributed by atoms with Crippen molar-refractivity contribution in [1.29, 1.82) is 0 Å². The van der Waals surface area contributed by atoms with Crippen LogP contribution in [0.4, 0.5) is 0 Å². The lowest BCUT2D eigenvalue weighted by Gasteiger charge is -2.06. The third kappa shape index (κ3) is 4.28. The first-order valence-corrected chi connectivity index (χ1v) is 8.29. The van der Waals surface area contributed by atoms with Crippen LogP contribution in [0.25, 0.3) is 0 Å². The summed E-state index contributed by atoms with van der Waals surface area (Å²) in [6.45, 7) is 8.13. The molecule has 1 aromatic carbocycles. The van der Waals surface area contributed by atoms with E-state index in [1.165, 1.54) is 10.4 Å². The summed E-state index contributed by atoms with van der Waals surface area (Å²) in [6, 6.07) is 10.3. The zero-order valence-corrected chi connectivity index (χ0v) is 14.4. The minimum atomic E-state index is -0.0847. The molecule has 0 aliphatic carbocycles. The number of benzene rings is 1. The third-order valence-electron chi connectivity index (χ3n) is 3.56. The highest BCUT2D eigenvalue weighted by molar-refractivity contribution is 7.14. The zero-order valence-electron chi connectivity index (χ0n) is 13.6. The van der Waals surface area contributed by atoms with Crippen molar-refractivity contribution in [3.05, 3.63) is 56.8 Å². The summed E-state index contributed by atoms with van der Waals surface area (Å²) in [6.07, 6.45) is 1.38. The van der Waals surface area contributed by atoms with Crippen molar-refractivity contribution in [2.75, 3.05) is 0 Å². The Bertz CT molecular complexity index is 701. The van der Waals surface area contributed by atoms with Gasteiger partial charge in [-0.3, -0.25) is 4.79 Å². The monoisotopic (exact) mass is 314 g/mol. The number of aryl methyl sites for hydroxylation is 3. The van der Waals surface area contributed by atoms with Gasteiger partial charge in [-0.05, 0) is 50.5 Å². The minimum Gasteiger partial charge on any atom is -0.273 e. The number of carbonyl (C=O) groups is 1. The van der Waals surface area contributed by atoms with Crippen LogP contribution in [-0.2, 0) is 17.6 Å². The highest BCUT2D eigenvalue weighted by Crippen LogP contribution is 2.17. The van der Waals surface area contributed by atoms with Gasteiger partial charge in [0.1, 0.15) is 0 Å². The molecular formula is C18H22N2OS. The molecule has 3 nitrogen and oxygen atoms in total. The van der Waals surface area contributed by atoms with E-state index < -0.39 is 0 Å². The van der Waals surface area contributed by atoms with Crippen molar-refractivity contribution < 1.29 is 4.79 Å². The summed E-state index contributed by atoms with van der Waals surface area (Å²) < 4.78 is 0. The van der Waals surface area contributed by atoms with Crippen molar-refractivity contribution in [2.24, 2.45) is 5.10 Å². The Kier molecular flexibility index (Phi) is 5.50. The SMILES string of the molecule is CCc1ccc(/C(C)=N/NC(=O)Cc2ccc(C)cc2C)s1. The number of rotatable bonds is 5. The van der Waals surface area contributed by atoms with E-state index >= 15 is 0 Å². The Morgan fingerprint density at radius 3 is 2.64 bits per heavy atom. The van der Waals surface area contributed by atoms with Crippen LogP contribution in [-0.4, -0.2) is 11.6 Å². The van der Waals surface area contributed by atoms with Crippen LogP contribution in [0, 0.1) is 13.8 Å². The quantitative estimate of drug-likeness (QED) is 0.657. The number of nitrogens with one attached hydrogen (secondary N) is 1. The first-order chi connectivity index (χ1) is 10.5. The summed E-state index contributed by atoms with van der Waals surface area (Å²) in [7, 11) is 0. The van der Waals surface area contributed by atoms with Gasteiger partial charge >= 0.3 is 0 Å². The van der Waals surface area contributed by atoms with Gasteiger partial charge in [0, 0.05) is 4.88 Å². The number of nitrogens with zero attached hydrogens (tertiary/aromatic N) is 1. The van der Waals surface area contributed by atoms with Crippen LogP contribution in [0.15, 0.2) is 35.4 Å². The summed E-state index contributed by atoms with van der Waals surface area (Å²) >= 11 is 1.72. The number of carbonyl (C=O) groups excluding carboxylic acids is 1. The van der Waals surface area contributed by atoms with Gasteiger partial charge in [-0.2, -0.15) is 5.10 Å². The van der Waals surface area contributed by atoms with E-state index in [-0.39, 0.29) is 5.91 Å². The fourth-order valence-electron chi connectivity index (χ4n) is 2.22. The van der Waals surface area contributed by atoms with Gasteiger partial charge in [0.2, 0.25) is 5.91 Å². The topological polar surface area (TPSA) is 41.5 Å². The standard InChI is InChI=1S/C18H22N2OS/c1-5-16-8-9-17(22-16)14(4)19-20-18(21)11-15-7-6-12(2)10-13(15)3/h6-10H,5,11H2,1-4H3,(H,20,21)/b19-14+. The molecule has 116 valence electrons. The Morgan fingerprint density at radius 1 is 1.23 bits per heavy atom. The molecule has 1 amide bonds. The molecule has 1 aromatic heterocycles. The molecule has 4 heteroatoms. The predicted molar refractivity (Wildman–Crippen MR) is 93.7 cm³/mol. The molecule has 0 spiro atoms. The van der Waals surface area contributed by atoms with E-state index in [2.05, 4.69) is 42.6 Å². The second-order valence-corrected chi connectivity index (χ2v) is 6.63. The van der Waals surface area contributed by atoms with Crippen LogP contribution in [0.2, 0.25) is 0 Å². The molecule has 2 rings (SSSR count). The molecule has 0 fully saturated rings. The summed E-state index contributed by atoms with van der Waals surface area (Å²) in [4.78, 5) is 14.5. The van der Waals surface area contributed by atoms with Crippen molar-refractivity contribution in [3.8, 4) is 0 Å². The largest absolute Gasteiger partial charge is 0.273 e. The predicted octanol–water partition coefficient (Wildman–Crippen LogP) is 4.01. The fourth-order valence-corrected chi connectivity index (χ4v) is 3.11. The highest BCUT2D eigenvalue weighted by Gasteiger charge is 2.07. The van der Waals surface area contributed by atoms with Gasteiger partial charge in [-0.1, -0.05) is 30.7 Å². The van der Waals surface area contributed by atoms with Crippen molar-refractivity contribution >= 4 is 23.0 Å². The van der Waals surface area contributed by atoms with E-state index in [4.69, 9.17) is 0 Å². The van der Waals surface area contributed by atoms with Crippen molar-refractivity contribution in [1.82, 2.24) is 5.43 Å². The molecule has 0 unspecified atom stereocenters. The lowest BCUT2D eigenvalue weighted by molar-refractivity contribution is -0.120. The molecule has 0 bridgehead atoms. The lowest BCUT2D eigenvalue weighted by Crippen LogP contribution is -2.21. The van der Waals surface area contributed by atoms with Gasteiger partial charge in [0.15, 0.2) is 0 Å². The van der Waals surface area contributed by atoms with Gasteiger partial charge in [-0.25, -0.2) is 5.43 Å². The maximum atomic E-state index is 12.0. The molecular weight excluding hydrogens is 292 g/mol. The summed E-state index contributed by atoms with van der Waals surface area (Å²) in [5.74, 6) is -0.0847. The van der Waals surface area contributed by atoms with Crippen molar-refractivity contribution in [3.63, 3.8) is 0 Å². The van der Waals surface area contributed by atoms with Crippen LogP contribution in [0.3, 0.4) is 0 Å². The number of hydrogen-bond acceptors (Lipinski definition) is 3. The van der Waals surface area contributed by atoms with E-state index in [0.29, 0.717) is 6.42 Å². The van der Waals surface area contributed by atoms with E-state index in [1.54, 1.807) is 11.3 Å². The smallest absolute Gasteiger partial charge is 0.244 e. The lowest BCUT2D eigenvalue weighted by atomic mass is 10.0. The molecule has 1 N–H and O–H groups in total. The minimum absolute atomic E-state index is 0.0847. The first-order valence-electron chi connectivity index (χ1n) is 7.48. The number of hydrogen-bond donors (Lipinski definition) is 1. The van der Waals surface area contributed by atoms with Gasteiger partial charge in [0.25, 0.3) is 0 Å².